The fraction of sp³-hybridized carbons (Fsp3) is 0.308. The summed E-state index contributed by atoms with van der Waals surface area (Å²) in [6.07, 6.45) is 5.05. The van der Waals surface area contributed by atoms with Crippen LogP contribution in [0.5, 0.6) is 0 Å². The van der Waals surface area contributed by atoms with Crippen LogP contribution >= 0.6 is 0 Å². The summed E-state index contributed by atoms with van der Waals surface area (Å²) >= 11 is 0. The second-order valence-corrected chi connectivity index (χ2v) is 13.0. The summed E-state index contributed by atoms with van der Waals surface area (Å²) in [6, 6.07) is 20.2. The van der Waals surface area contributed by atoms with Gasteiger partial charge < -0.3 is 19.3 Å². The van der Waals surface area contributed by atoms with Crippen LogP contribution in [-0.4, -0.2) is 124 Å². The zero-order chi connectivity index (χ0) is 35.6. The van der Waals surface area contributed by atoms with Gasteiger partial charge in [0, 0.05) is 83.5 Å². The highest BCUT2D eigenvalue weighted by atomic mass is 16.6. The maximum Gasteiger partial charge on any atom is 0.261 e. The van der Waals surface area contributed by atoms with Crippen molar-refractivity contribution >= 4 is 45.2 Å². The van der Waals surface area contributed by atoms with Gasteiger partial charge in [0.1, 0.15) is 0 Å². The summed E-state index contributed by atoms with van der Waals surface area (Å²) in [6.45, 7) is 5.05. The third kappa shape index (κ3) is 6.66. The second kappa shape index (κ2) is 14.5. The van der Waals surface area contributed by atoms with Crippen LogP contribution in [0.25, 0.3) is 27.2 Å². The van der Waals surface area contributed by atoms with Gasteiger partial charge in [-0.2, -0.15) is 0 Å². The highest BCUT2D eigenvalue weighted by Crippen LogP contribution is 2.34. The molecule has 1 N–H and O–H groups in total. The molecule has 0 bridgehead atoms. The molecule has 2 aliphatic rings. The molecule has 12 heteroatoms. The van der Waals surface area contributed by atoms with Crippen molar-refractivity contribution in [3.63, 3.8) is 0 Å². The lowest BCUT2D eigenvalue weighted by Gasteiger charge is -2.31. The summed E-state index contributed by atoms with van der Waals surface area (Å²) < 4.78 is 7.27. The molecule has 3 heterocycles. The molecule has 51 heavy (non-hydrogen) atoms. The summed E-state index contributed by atoms with van der Waals surface area (Å²) in [7, 11) is 1.95. The van der Waals surface area contributed by atoms with Gasteiger partial charge in [-0.1, -0.05) is 36.4 Å². The predicted octanol–water partition coefficient (Wildman–Crippen LogP) is 4.05. The van der Waals surface area contributed by atoms with Crippen molar-refractivity contribution < 1.29 is 29.0 Å². The van der Waals surface area contributed by atoms with Gasteiger partial charge in [0.15, 0.2) is 6.29 Å². The number of ether oxygens (including phenoxy) is 1. The number of aliphatic hydroxyl groups excluding tert-OH is 1. The first kappa shape index (κ1) is 34.2. The number of hydrogen-bond donors (Lipinski definition) is 1. The monoisotopic (exact) mass is 688 g/mol. The molecule has 0 saturated carbocycles. The minimum Gasteiger partial charge on any atom is -0.368 e. The van der Waals surface area contributed by atoms with Crippen molar-refractivity contribution in [3.8, 4) is 5.69 Å². The van der Waals surface area contributed by atoms with Crippen LogP contribution in [0, 0.1) is 0 Å². The molecule has 2 aliphatic heterocycles. The maximum atomic E-state index is 13.6. The van der Waals surface area contributed by atoms with Crippen LogP contribution in [0.1, 0.15) is 54.8 Å². The summed E-state index contributed by atoms with van der Waals surface area (Å²) in [5, 5.41) is 12.7. The molecule has 5 aromatic rings. The standard InChI is InChI=1S/C39H40N6O6/c1-26(46)51-24-23-42(20-22-45-36(47)29-10-3-7-27-8-4-11-30(34(27)29)37(45)48)17-6-16-41(2)19-21-44-38(49)31-12-5-9-28-33(43-18-15-40-25-43)14-13-32(35(28)31)39(44)50/h3-5,7-15,18,25-26,46H,6,16-17,19-24H2,1-2H3. The van der Waals surface area contributed by atoms with E-state index >= 15 is 0 Å². The van der Waals surface area contributed by atoms with Crippen molar-refractivity contribution in [2.24, 2.45) is 0 Å². The van der Waals surface area contributed by atoms with Crippen LogP contribution in [0.4, 0.5) is 0 Å². The molecule has 4 amide bonds. The third-order valence-corrected chi connectivity index (χ3v) is 9.73. The highest BCUT2D eigenvalue weighted by molar-refractivity contribution is 6.27. The number of imidazole rings is 1. The normalized spacial score (nSPS) is 14.9. The van der Waals surface area contributed by atoms with Gasteiger partial charge in [0.05, 0.1) is 18.6 Å². The minimum absolute atomic E-state index is 0.212. The minimum atomic E-state index is -0.905. The molecule has 0 saturated heterocycles. The van der Waals surface area contributed by atoms with E-state index in [-0.39, 0.29) is 43.3 Å². The number of likely N-dealkylation sites (N-methyl/N-ethyl adjacent to an activating group) is 1. The first-order chi connectivity index (χ1) is 24.7. The Balaban J connectivity index is 0.959. The number of carbonyl (C=O) groups is 4. The Labute approximate surface area is 295 Å². The van der Waals surface area contributed by atoms with Gasteiger partial charge in [-0.3, -0.25) is 33.9 Å². The van der Waals surface area contributed by atoms with Crippen molar-refractivity contribution in [3.05, 3.63) is 108 Å². The Morgan fingerprint density at radius 2 is 1.33 bits per heavy atom. The number of aliphatic hydroxyl groups is 1. The highest BCUT2D eigenvalue weighted by Gasteiger charge is 2.34. The van der Waals surface area contributed by atoms with E-state index in [1.165, 1.54) is 9.80 Å². The van der Waals surface area contributed by atoms with Crippen molar-refractivity contribution in [1.29, 1.82) is 0 Å². The van der Waals surface area contributed by atoms with Gasteiger partial charge in [-0.25, -0.2) is 4.98 Å². The number of aromatic nitrogens is 2. The van der Waals surface area contributed by atoms with E-state index in [1.54, 1.807) is 43.7 Å². The molecule has 0 spiro atoms. The lowest BCUT2D eigenvalue weighted by Crippen LogP contribution is -2.46. The van der Waals surface area contributed by atoms with Gasteiger partial charge in [0.2, 0.25) is 0 Å². The number of hydrogen-bond acceptors (Lipinski definition) is 9. The lowest BCUT2D eigenvalue weighted by atomic mass is 9.93. The van der Waals surface area contributed by atoms with Crippen molar-refractivity contribution in [1.82, 2.24) is 29.2 Å². The zero-order valence-electron chi connectivity index (χ0n) is 28.7. The van der Waals surface area contributed by atoms with E-state index in [9.17, 15) is 24.3 Å². The van der Waals surface area contributed by atoms with E-state index in [0.717, 1.165) is 22.9 Å². The Morgan fingerprint density at radius 1 is 0.725 bits per heavy atom. The molecule has 4 aromatic carbocycles. The van der Waals surface area contributed by atoms with Gasteiger partial charge in [-0.15, -0.1) is 0 Å². The average Bonchev–Trinajstić information content (AvgIpc) is 3.67. The van der Waals surface area contributed by atoms with E-state index in [2.05, 4.69) is 14.8 Å². The largest absolute Gasteiger partial charge is 0.368 e. The van der Waals surface area contributed by atoms with Crippen LogP contribution in [-0.2, 0) is 4.74 Å². The van der Waals surface area contributed by atoms with Crippen LogP contribution in [0.15, 0.2) is 85.5 Å². The number of nitrogens with zero attached hydrogens (tertiary/aromatic N) is 6. The predicted molar refractivity (Wildman–Crippen MR) is 192 cm³/mol. The SMILES string of the molecule is CC(O)OCCN(CCCN(C)CCN1C(=O)c2cccc3c(-n4ccnc4)ccc(c23)C1=O)CCN1C(=O)c2cccc3cccc(c23)C1=O. The number of amides is 4. The Morgan fingerprint density at radius 3 is 1.96 bits per heavy atom. The third-order valence-electron chi connectivity index (χ3n) is 9.73. The molecule has 0 fully saturated rings. The van der Waals surface area contributed by atoms with E-state index in [1.807, 2.05) is 60.3 Å². The van der Waals surface area contributed by atoms with Gasteiger partial charge in [0.25, 0.3) is 23.6 Å². The smallest absolute Gasteiger partial charge is 0.261 e. The fourth-order valence-electron chi connectivity index (χ4n) is 7.12. The van der Waals surface area contributed by atoms with Crippen LogP contribution < -0.4 is 0 Å². The van der Waals surface area contributed by atoms with Gasteiger partial charge >= 0.3 is 0 Å². The molecule has 0 aliphatic carbocycles. The fourth-order valence-corrected chi connectivity index (χ4v) is 7.12. The first-order valence-electron chi connectivity index (χ1n) is 17.2. The maximum absolute atomic E-state index is 13.6. The van der Waals surface area contributed by atoms with E-state index < -0.39 is 6.29 Å². The van der Waals surface area contributed by atoms with Crippen LogP contribution in [0.2, 0.25) is 0 Å². The molecule has 7 rings (SSSR count). The average molecular weight is 689 g/mol. The molecule has 1 atom stereocenters. The Bertz CT molecular complexity index is 2060. The quantitative estimate of drug-likeness (QED) is 0.128. The second-order valence-electron chi connectivity index (χ2n) is 13.0. The number of rotatable bonds is 15. The Kier molecular flexibility index (Phi) is 9.74. The molecule has 12 nitrogen and oxygen atoms in total. The zero-order valence-corrected chi connectivity index (χ0v) is 28.7. The van der Waals surface area contributed by atoms with E-state index in [4.69, 9.17) is 4.74 Å². The van der Waals surface area contributed by atoms with Crippen LogP contribution in [0.3, 0.4) is 0 Å². The number of benzene rings is 4. The molecule has 1 unspecified atom stereocenters. The summed E-state index contributed by atoms with van der Waals surface area (Å²) in [5.41, 5.74) is 2.92. The Hall–Kier alpha value is -5.27. The molecular weight excluding hydrogens is 648 g/mol. The number of carbonyl (C=O) groups excluding carboxylic acids is 4. The van der Waals surface area contributed by atoms with Crippen molar-refractivity contribution in [2.45, 2.75) is 19.6 Å². The molecule has 0 radical (unpaired) electrons. The summed E-state index contributed by atoms with van der Waals surface area (Å²) in [4.78, 5) is 65.1. The summed E-state index contributed by atoms with van der Waals surface area (Å²) in [5.74, 6) is -1.22. The first-order valence-corrected chi connectivity index (χ1v) is 17.2. The topological polar surface area (TPSA) is 129 Å². The molecule has 1 aromatic heterocycles. The molecular formula is C39H40N6O6. The van der Waals surface area contributed by atoms with Crippen molar-refractivity contribution in [2.75, 3.05) is 59.5 Å². The van der Waals surface area contributed by atoms with E-state index in [0.29, 0.717) is 65.8 Å². The molecule has 262 valence electrons. The number of imide groups is 2. The lowest BCUT2D eigenvalue weighted by molar-refractivity contribution is -0.0894. The van der Waals surface area contributed by atoms with Gasteiger partial charge in [-0.05, 0) is 69.2 Å².